The first-order chi connectivity index (χ1) is 7.43. The second kappa shape index (κ2) is 4.21. The maximum Gasteiger partial charge on any atom is 0.155 e. The van der Waals surface area contributed by atoms with E-state index in [0.717, 1.165) is 11.2 Å². The Kier molecular flexibility index (Phi) is 2.74. The molecule has 2 fully saturated rings. The largest absolute Gasteiger partial charge is 0.155 e. The van der Waals surface area contributed by atoms with Gasteiger partial charge >= 0.3 is 0 Å². The number of hydrogen-bond acceptors (Lipinski definition) is 0. The van der Waals surface area contributed by atoms with Crippen LogP contribution in [0.25, 0.3) is 0 Å². The van der Waals surface area contributed by atoms with Gasteiger partial charge in [-0.05, 0) is 50.2 Å². The standard InChI is InChI=1S/C14H19S/c1-2-6-13(7-3-1)15-10-9-12-5-4-8-14(15)11-12/h1-3,6-7,12,14H,4-5,8-11H2/q+1. The zero-order valence-corrected chi connectivity index (χ0v) is 10.0. The fourth-order valence-electron chi connectivity index (χ4n) is 3.13. The van der Waals surface area contributed by atoms with Gasteiger partial charge in [0.25, 0.3) is 0 Å². The third kappa shape index (κ3) is 1.94. The summed E-state index contributed by atoms with van der Waals surface area (Å²) in [5.74, 6) is 2.55. The molecule has 1 saturated carbocycles. The molecule has 0 nitrogen and oxygen atoms in total. The molecule has 0 aromatic heterocycles. The minimum absolute atomic E-state index is 0.585. The van der Waals surface area contributed by atoms with Crippen LogP contribution in [0, 0.1) is 5.92 Å². The van der Waals surface area contributed by atoms with Gasteiger partial charge in [-0.25, -0.2) is 0 Å². The highest BCUT2D eigenvalue weighted by molar-refractivity contribution is 7.97. The summed E-state index contributed by atoms with van der Waals surface area (Å²) in [4.78, 5) is 1.63. The number of rotatable bonds is 1. The van der Waals surface area contributed by atoms with Gasteiger partial charge in [0.15, 0.2) is 4.90 Å². The molecule has 3 atom stereocenters. The number of hydrogen-bond donors (Lipinski definition) is 0. The normalized spacial score (nSPS) is 35.1. The van der Waals surface area contributed by atoms with Crippen LogP contribution >= 0.6 is 0 Å². The fraction of sp³-hybridized carbons (Fsp3) is 0.571. The van der Waals surface area contributed by atoms with Crippen LogP contribution in [0.2, 0.25) is 0 Å². The maximum atomic E-state index is 2.35. The lowest BCUT2D eigenvalue weighted by molar-refractivity contribution is 0.344. The van der Waals surface area contributed by atoms with E-state index >= 15 is 0 Å². The second-order valence-electron chi connectivity index (χ2n) is 4.89. The molecule has 2 aliphatic rings. The third-order valence-corrected chi connectivity index (χ3v) is 6.72. The van der Waals surface area contributed by atoms with Crippen molar-refractivity contribution in [2.75, 3.05) is 5.75 Å². The molecule has 0 spiro atoms. The number of fused-ring (bicyclic) bond motifs is 2. The molecule has 1 saturated heterocycles. The first kappa shape index (κ1) is 9.77. The molecule has 1 heterocycles. The van der Waals surface area contributed by atoms with Crippen molar-refractivity contribution in [1.29, 1.82) is 0 Å². The molecule has 2 bridgehead atoms. The van der Waals surface area contributed by atoms with E-state index in [0.29, 0.717) is 10.9 Å². The Bertz CT molecular complexity index is 319. The highest BCUT2D eigenvalue weighted by atomic mass is 32.2. The van der Waals surface area contributed by atoms with Crippen LogP contribution in [0.15, 0.2) is 35.2 Å². The molecule has 1 aromatic carbocycles. The molecule has 1 aliphatic carbocycles. The van der Waals surface area contributed by atoms with E-state index in [1.165, 1.54) is 37.9 Å². The summed E-state index contributed by atoms with van der Waals surface area (Å²) in [6.45, 7) is 0. The van der Waals surface area contributed by atoms with Crippen molar-refractivity contribution in [1.82, 2.24) is 0 Å². The van der Waals surface area contributed by atoms with Crippen LogP contribution < -0.4 is 0 Å². The average molecular weight is 219 g/mol. The topological polar surface area (TPSA) is 0 Å². The van der Waals surface area contributed by atoms with Gasteiger partial charge in [-0.1, -0.05) is 18.2 Å². The van der Waals surface area contributed by atoms with Gasteiger partial charge in [0.05, 0.1) is 0 Å². The van der Waals surface area contributed by atoms with E-state index in [9.17, 15) is 0 Å². The zero-order valence-electron chi connectivity index (χ0n) is 9.19. The summed E-state index contributed by atoms with van der Waals surface area (Å²) in [6, 6.07) is 11.2. The molecule has 1 aromatic rings. The van der Waals surface area contributed by atoms with Crippen molar-refractivity contribution < 1.29 is 0 Å². The predicted molar refractivity (Wildman–Crippen MR) is 67.3 cm³/mol. The molecule has 0 N–H and O–H groups in total. The van der Waals surface area contributed by atoms with Gasteiger partial charge < -0.3 is 0 Å². The Hall–Kier alpha value is -0.430. The lowest BCUT2D eigenvalue weighted by Crippen LogP contribution is -2.36. The average Bonchev–Trinajstić information content (AvgIpc) is 2.31. The quantitative estimate of drug-likeness (QED) is 0.633. The summed E-state index contributed by atoms with van der Waals surface area (Å²) in [6.07, 6.45) is 7.52. The van der Waals surface area contributed by atoms with Crippen molar-refractivity contribution in [3.8, 4) is 0 Å². The predicted octanol–water partition coefficient (Wildman–Crippen LogP) is 3.63. The molecule has 15 heavy (non-hydrogen) atoms. The Labute approximate surface area is 95.4 Å². The molecule has 3 unspecified atom stereocenters. The third-order valence-electron chi connectivity index (χ3n) is 3.93. The molecule has 1 heteroatoms. The van der Waals surface area contributed by atoms with Gasteiger partial charge in [-0.15, -0.1) is 0 Å². The van der Waals surface area contributed by atoms with Gasteiger partial charge in [-0.3, -0.25) is 0 Å². The van der Waals surface area contributed by atoms with E-state index in [-0.39, 0.29) is 0 Å². The van der Waals surface area contributed by atoms with Crippen molar-refractivity contribution in [3.63, 3.8) is 0 Å². The Balaban J connectivity index is 1.81. The van der Waals surface area contributed by atoms with E-state index in [2.05, 4.69) is 30.3 Å². The summed E-state index contributed by atoms with van der Waals surface area (Å²) in [5, 5.41) is 1.03. The molecule has 0 radical (unpaired) electrons. The number of benzene rings is 1. The lowest BCUT2D eigenvalue weighted by Gasteiger charge is -2.33. The molecular formula is C14H19S+. The van der Waals surface area contributed by atoms with Gasteiger partial charge in [0.1, 0.15) is 11.0 Å². The molecular weight excluding hydrogens is 200 g/mol. The molecule has 1 aliphatic heterocycles. The van der Waals surface area contributed by atoms with E-state index in [4.69, 9.17) is 0 Å². The first-order valence-corrected chi connectivity index (χ1v) is 7.64. The van der Waals surface area contributed by atoms with Crippen LogP contribution in [-0.2, 0) is 10.9 Å². The smallest absolute Gasteiger partial charge is 0.0619 e. The summed E-state index contributed by atoms with van der Waals surface area (Å²) in [7, 11) is 0.585. The maximum absolute atomic E-state index is 2.35. The highest BCUT2D eigenvalue weighted by Crippen LogP contribution is 2.40. The minimum atomic E-state index is 0.585. The van der Waals surface area contributed by atoms with Gasteiger partial charge in [0, 0.05) is 10.9 Å². The summed E-state index contributed by atoms with van der Waals surface area (Å²) in [5.41, 5.74) is 0. The summed E-state index contributed by atoms with van der Waals surface area (Å²) < 4.78 is 0. The van der Waals surface area contributed by atoms with E-state index in [1.54, 1.807) is 4.90 Å². The van der Waals surface area contributed by atoms with Crippen LogP contribution in [0.4, 0.5) is 0 Å². The van der Waals surface area contributed by atoms with Crippen LogP contribution in [-0.4, -0.2) is 11.0 Å². The Morgan fingerprint density at radius 2 is 1.87 bits per heavy atom. The van der Waals surface area contributed by atoms with Crippen LogP contribution in [0.3, 0.4) is 0 Å². The highest BCUT2D eigenvalue weighted by Gasteiger charge is 2.41. The van der Waals surface area contributed by atoms with Crippen molar-refractivity contribution >= 4 is 10.9 Å². The monoisotopic (exact) mass is 219 g/mol. The molecule has 3 rings (SSSR count). The first-order valence-electron chi connectivity index (χ1n) is 6.18. The van der Waals surface area contributed by atoms with Crippen molar-refractivity contribution in [3.05, 3.63) is 30.3 Å². The SMILES string of the molecule is c1ccc([S+]2CCC3CCCC2C3)cc1. The van der Waals surface area contributed by atoms with E-state index < -0.39 is 0 Å². The lowest BCUT2D eigenvalue weighted by atomic mass is 9.87. The van der Waals surface area contributed by atoms with Gasteiger partial charge in [0.2, 0.25) is 0 Å². The van der Waals surface area contributed by atoms with Crippen molar-refractivity contribution in [2.45, 2.75) is 42.2 Å². The minimum Gasteiger partial charge on any atom is -0.0619 e. The zero-order chi connectivity index (χ0) is 10.1. The summed E-state index contributed by atoms with van der Waals surface area (Å²) >= 11 is 0. The Morgan fingerprint density at radius 3 is 2.73 bits per heavy atom. The molecule has 0 amide bonds. The van der Waals surface area contributed by atoms with Crippen molar-refractivity contribution in [2.24, 2.45) is 5.92 Å². The Morgan fingerprint density at radius 1 is 1.00 bits per heavy atom. The molecule has 80 valence electrons. The van der Waals surface area contributed by atoms with E-state index in [1.807, 2.05) is 0 Å². The second-order valence-corrected chi connectivity index (χ2v) is 7.29. The van der Waals surface area contributed by atoms with Crippen LogP contribution in [0.1, 0.15) is 32.1 Å². The van der Waals surface area contributed by atoms with Crippen LogP contribution in [0.5, 0.6) is 0 Å². The fourth-order valence-corrected chi connectivity index (χ4v) is 6.13. The van der Waals surface area contributed by atoms with Gasteiger partial charge in [-0.2, -0.15) is 0 Å².